The van der Waals surface area contributed by atoms with Crippen LogP contribution in [-0.4, -0.2) is 34.7 Å². The van der Waals surface area contributed by atoms with Crippen molar-refractivity contribution in [2.75, 3.05) is 6.54 Å². The van der Waals surface area contributed by atoms with Gasteiger partial charge in [0.05, 0.1) is 6.54 Å². The summed E-state index contributed by atoms with van der Waals surface area (Å²) in [6.07, 6.45) is 4.49. The molecular weight excluding hydrogens is 304 g/mol. The second-order valence-electron chi connectivity index (χ2n) is 6.91. The van der Waals surface area contributed by atoms with E-state index in [9.17, 15) is 14.4 Å². The Balaban J connectivity index is 1.76. The van der Waals surface area contributed by atoms with E-state index in [4.69, 9.17) is 0 Å². The monoisotopic (exact) mass is 328 g/mol. The van der Waals surface area contributed by atoms with Crippen molar-refractivity contribution in [3.05, 3.63) is 35.4 Å². The van der Waals surface area contributed by atoms with Crippen molar-refractivity contribution in [1.29, 1.82) is 0 Å². The average molecular weight is 328 g/mol. The highest BCUT2D eigenvalue weighted by Crippen LogP contribution is 2.38. The molecule has 3 rings (SSSR count). The number of hydrogen-bond donors (Lipinski definition) is 1. The number of Topliss-reactive ketones (excluding diaryl/α,β-unsaturated/α-hetero) is 1. The van der Waals surface area contributed by atoms with Crippen LogP contribution in [0.4, 0.5) is 4.79 Å². The van der Waals surface area contributed by atoms with Crippen LogP contribution in [0.25, 0.3) is 0 Å². The van der Waals surface area contributed by atoms with Crippen molar-refractivity contribution in [2.24, 2.45) is 5.92 Å². The highest BCUT2D eigenvalue weighted by Gasteiger charge is 2.55. The molecule has 1 spiro atoms. The first-order valence-electron chi connectivity index (χ1n) is 8.74. The number of urea groups is 1. The maximum absolute atomic E-state index is 12.9. The second-order valence-corrected chi connectivity index (χ2v) is 6.91. The zero-order valence-electron chi connectivity index (χ0n) is 14.3. The van der Waals surface area contributed by atoms with E-state index in [1.807, 2.05) is 19.1 Å². The molecule has 1 saturated heterocycles. The SMILES string of the molecule is CCc1ccc(C(=O)CN2C(=O)NC3(CCCCC3C)C2=O)cc1. The lowest BCUT2D eigenvalue weighted by Gasteiger charge is -2.36. The molecule has 0 aromatic heterocycles. The number of rotatable bonds is 4. The molecule has 1 aromatic rings. The van der Waals surface area contributed by atoms with Crippen LogP contribution < -0.4 is 5.32 Å². The molecule has 0 radical (unpaired) electrons. The van der Waals surface area contributed by atoms with Gasteiger partial charge in [0, 0.05) is 5.56 Å². The molecule has 0 bridgehead atoms. The van der Waals surface area contributed by atoms with E-state index in [0.29, 0.717) is 12.0 Å². The summed E-state index contributed by atoms with van der Waals surface area (Å²) in [5, 5.41) is 2.88. The van der Waals surface area contributed by atoms with Crippen LogP contribution in [0, 0.1) is 5.92 Å². The molecule has 1 saturated carbocycles. The van der Waals surface area contributed by atoms with Crippen molar-refractivity contribution >= 4 is 17.7 Å². The average Bonchev–Trinajstić information content (AvgIpc) is 2.82. The van der Waals surface area contributed by atoms with Crippen LogP contribution in [-0.2, 0) is 11.2 Å². The van der Waals surface area contributed by atoms with E-state index in [1.165, 1.54) is 0 Å². The van der Waals surface area contributed by atoms with Gasteiger partial charge in [-0.15, -0.1) is 0 Å². The minimum Gasteiger partial charge on any atom is -0.323 e. The van der Waals surface area contributed by atoms with Gasteiger partial charge in [-0.2, -0.15) is 0 Å². The Morgan fingerprint density at radius 1 is 1.25 bits per heavy atom. The van der Waals surface area contributed by atoms with Gasteiger partial charge in [-0.3, -0.25) is 14.5 Å². The van der Waals surface area contributed by atoms with Gasteiger partial charge in [0.25, 0.3) is 5.91 Å². The molecule has 2 aliphatic rings. The van der Waals surface area contributed by atoms with Crippen LogP contribution in [0.3, 0.4) is 0 Å². The number of amides is 3. The zero-order chi connectivity index (χ0) is 17.3. The second kappa shape index (κ2) is 6.38. The van der Waals surface area contributed by atoms with Crippen molar-refractivity contribution in [3.63, 3.8) is 0 Å². The number of benzene rings is 1. The summed E-state index contributed by atoms with van der Waals surface area (Å²) in [5.74, 6) is -0.341. The molecule has 2 fully saturated rings. The summed E-state index contributed by atoms with van der Waals surface area (Å²) in [6, 6.07) is 6.90. The van der Waals surface area contributed by atoms with Gasteiger partial charge in [-0.05, 0) is 30.7 Å². The normalized spacial score (nSPS) is 26.8. The maximum atomic E-state index is 12.9. The minimum atomic E-state index is -0.804. The number of hydrogen-bond acceptors (Lipinski definition) is 3. The van der Waals surface area contributed by atoms with Gasteiger partial charge >= 0.3 is 6.03 Å². The third kappa shape index (κ3) is 2.72. The maximum Gasteiger partial charge on any atom is 0.325 e. The molecule has 1 aliphatic heterocycles. The zero-order valence-corrected chi connectivity index (χ0v) is 14.3. The quantitative estimate of drug-likeness (QED) is 0.682. The van der Waals surface area contributed by atoms with Crippen molar-refractivity contribution in [1.82, 2.24) is 10.2 Å². The molecular formula is C19H24N2O3. The van der Waals surface area contributed by atoms with Crippen molar-refractivity contribution < 1.29 is 14.4 Å². The lowest BCUT2D eigenvalue weighted by Crippen LogP contribution is -2.54. The highest BCUT2D eigenvalue weighted by molar-refractivity contribution is 6.11. The van der Waals surface area contributed by atoms with Gasteiger partial charge in [0.1, 0.15) is 5.54 Å². The summed E-state index contributed by atoms with van der Waals surface area (Å²) in [4.78, 5) is 38.7. The number of nitrogens with one attached hydrogen (secondary N) is 1. The van der Waals surface area contributed by atoms with Gasteiger partial charge in [-0.25, -0.2) is 4.79 Å². The molecule has 1 aromatic carbocycles. The molecule has 1 heterocycles. The summed E-state index contributed by atoms with van der Waals surface area (Å²) in [6.45, 7) is 3.87. The van der Waals surface area contributed by atoms with Crippen LogP contribution in [0.5, 0.6) is 0 Å². The smallest absolute Gasteiger partial charge is 0.323 e. The van der Waals surface area contributed by atoms with Crippen LogP contribution in [0.1, 0.15) is 55.5 Å². The van der Waals surface area contributed by atoms with Crippen LogP contribution >= 0.6 is 0 Å². The van der Waals surface area contributed by atoms with Gasteiger partial charge in [0.2, 0.25) is 0 Å². The number of aryl methyl sites for hydroxylation is 1. The Hall–Kier alpha value is -2.17. The fourth-order valence-corrected chi connectivity index (χ4v) is 3.80. The minimum absolute atomic E-state index is 0.103. The first-order valence-corrected chi connectivity index (χ1v) is 8.74. The van der Waals surface area contributed by atoms with Gasteiger partial charge in [0.15, 0.2) is 5.78 Å². The Labute approximate surface area is 142 Å². The third-order valence-electron chi connectivity index (χ3n) is 5.49. The van der Waals surface area contributed by atoms with Crippen LogP contribution in [0.2, 0.25) is 0 Å². The number of ketones is 1. The van der Waals surface area contributed by atoms with E-state index in [0.717, 1.165) is 36.1 Å². The lowest BCUT2D eigenvalue weighted by atomic mass is 9.73. The molecule has 128 valence electrons. The van der Waals surface area contributed by atoms with Gasteiger partial charge < -0.3 is 5.32 Å². The van der Waals surface area contributed by atoms with E-state index in [1.54, 1.807) is 12.1 Å². The van der Waals surface area contributed by atoms with E-state index in [2.05, 4.69) is 12.2 Å². The lowest BCUT2D eigenvalue weighted by molar-refractivity contribution is -0.133. The molecule has 1 N–H and O–H groups in total. The molecule has 3 amide bonds. The van der Waals surface area contributed by atoms with E-state index < -0.39 is 11.6 Å². The van der Waals surface area contributed by atoms with E-state index in [-0.39, 0.29) is 24.2 Å². The number of carbonyl (C=O) groups excluding carboxylic acids is 3. The number of carbonyl (C=O) groups is 3. The Kier molecular flexibility index (Phi) is 4.43. The number of imide groups is 1. The molecule has 24 heavy (non-hydrogen) atoms. The first-order chi connectivity index (χ1) is 11.5. The first kappa shape index (κ1) is 16.7. The largest absolute Gasteiger partial charge is 0.325 e. The fourth-order valence-electron chi connectivity index (χ4n) is 3.80. The number of nitrogens with zero attached hydrogens (tertiary/aromatic N) is 1. The summed E-state index contributed by atoms with van der Waals surface area (Å²) < 4.78 is 0. The Morgan fingerprint density at radius 2 is 1.96 bits per heavy atom. The standard InChI is InChI=1S/C19H24N2O3/c1-3-14-7-9-15(10-8-14)16(22)12-21-17(23)19(20-18(21)24)11-5-4-6-13(19)2/h7-10,13H,3-6,11-12H2,1-2H3,(H,20,24). The van der Waals surface area contributed by atoms with Crippen molar-refractivity contribution in [3.8, 4) is 0 Å². The molecule has 5 heteroatoms. The molecule has 2 atom stereocenters. The molecule has 1 aliphatic carbocycles. The Morgan fingerprint density at radius 3 is 2.58 bits per heavy atom. The summed E-state index contributed by atoms with van der Waals surface area (Å²) >= 11 is 0. The highest BCUT2D eigenvalue weighted by atomic mass is 16.2. The molecule has 5 nitrogen and oxygen atoms in total. The summed E-state index contributed by atoms with van der Waals surface area (Å²) in [5.41, 5.74) is 0.878. The predicted molar refractivity (Wildman–Crippen MR) is 90.8 cm³/mol. The third-order valence-corrected chi connectivity index (χ3v) is 5.49. The van der Waals surface area contributed by atoms with Crippen LogP contribution in [0.15, 0.2) is 24.3 Å². The molecule has 2 unspecified atom stereocenters. The predicted octanol–water partition coefficient (Wildman–Crippen LogP) is 2.93. The van der Waals surface area contributed by atoms with E-state index >= 15 is 0 Å². The fraction of sp³-hybridized carbons (Fsp3) is 0.526. The Bertz CT molecular complexity index is 668. The van der Waals surface area contributed by atoms with Crippen molar-refractivity contribution in [2.45, 2.75) is 51.5 Å². The topological polar surface area (TPSA) is 66.5 Å². The van der Waals surface area contributed by atoms with Gasteiger partial charge in [-0.1, -0.05) is 51.0 Å². The summed E-state index contributed by atoms with van der Waals surface area (Å²) in [7, 11) is 0.